The minimum Gasteiger partial charge on any atom is -0.393 e. The van der Waals surface area contributed by atoms with Gasteiger partial charge >= 0.3 is 0 Å². The number of rotatable bonds is 3. The first-order valence-corrected chi connectivity index (χ1v) is 5.57. The molecule has 1 N–H and O–H groups in total. The highest BCUT2D eigenvalue weighted by atomic mass is 19.1. The number of aryl methyl sites for hydroxylation is 1. The molecule has 1 aromatic carbocycles. The van der Waals surface area contributed by atoms with E-state index in [9.17, 15) is 9.50 Å². The Morgan fingerprint density at radius 1 is 1.44 bits per heavy atom. The van der Waals surface area contributed by atoms with Gasteiger partial charge in [0, 0.05) is 24.5 Å². The lowest BCUT2D eigenvalue weighted by Gasteiger charge is -2.01. The van der Waals surface area contributed by atoms with E-state index >= 15 is 0 Å². The number of hydrogen-bond donors (Lipinski definition) is 1. The normalized spacial score (nSPS) is 13.2. The fourth-order valence-electron chi connectivity index (χ4n) is 2.12. The van der Waals surface area contributed by atoms with Gasteiger partial charge in [0.2, 0.25) is 0 Å². The van der Waals surface area contributed by atoms with Crippen molar-refractivity contribution in [3.63, 3.8) is 0 Å². The molecule has 0 aliphatic rings. The molecule has 0 bridgehead atoms. The quantitative estimate of drug-likeness (QED) is 0.847. The number of benzene rings is 1. The van der Waals surface area contributed by atoms with Crippen LogP contribution in [0.4, 0.5) is 4.39 Å². The van der Waals surface area contributed by atoms with Crippen LogP contribution in [-0.2, 0) is 13.0 Å². The SMILES string of the molecule is CCn1cc(CC(C)O)c2cccc(F)c21. The number of aromatic nitrogens is 1. The summed E-state index contributed by atoms with van der Waals surface area (Å²) in [5.41, 5.74) is 1.65. The summed E-state index contributed by atoms with van der Waals surface area (Å²) in [6.07, 6.45) is 2.09. The smallest absolute Gasteiger partial charge is 0.147 e. The minimum absolute atomic E-state index is 0.198. The molecule has 0 aliphatic heterocycles. The van der Waals surface area contributed by atoms with Crippen LogP contribution in [-0.4, -0.2) is 15.8 Å². The molecule has 2 aromatic rings. The van der Waals surface area contributed by atoms with Gasteiger partial charge in [-0.2, -0.15) is 0 Å². The van der Waals surface area contributed by atoms with E-state index in [1.807, 2.05) is 23.8 Å². The van der Waals surface area contributed by atoms with E-state index < -0.39 is 6.10 Å². The number of aliphatic hydroxyl groups is 1. The number of halogens is 1. The van der Waals surface area contributed by atoms with Crippen LogP contribution in [0.1, 0.15) is 19.4 Å². The summed E-state index contributed by atoms with van der Waals surface area (Å²) in [4.78, 5) is 0. The molecule has 1 unspecified atom stereocenters. The molecule has 86 valence electrons. The Kier molecular flexibility index (Phi) is 2.97. The van der Waals surface area contributed by atoms with Crippen molar-refractivity contribution < 1.29 is 9.50 Å². The maximum absolute atomic E-state index is 13.7. The molecule has 0 aliphatic carbocycles. The highest BCUT2D eigenvalue weighted by Crippen LogP contribution is 2.25. The second kappa shape index (κ2) is 4.26. The summed E-state index contributed by atoms with van der Waals surface area (Å²) in [7, 11) is 0. The highest BCUT2D eigenvalue weighted by Gasteiger charge is 2.12. The summed E-state index contributed by atoms with van der Waals surface area (Å²) in [5, 5.41) is 10.3. The lowest BCUT2D eigenvalue weighted by atomic mass is 10.1. The largest absolute Gasteiger partial charge is 0.393 e. The van der Waals surface area contributed by atoms with Gasteiger partial charge in [-0.05, 0) is 25.5 Å². The van der Waals surface area contributed by atoms with E-state index in [0.717, 1.165) is 17.5 Å². The van der Waals surface area contributed by atoms with Crippen molar-refractivity contribution in [2.45, 2.75) is 32.9 Å². The van der Waals surface area contributed by atoms with Crippen molar-refractivity contribution in [1.82, 2.24) is 4.57 Å². The van der Waals surface area contributed by atoms with Crippen LogP contribution < -0.4 is 0 Å². The van der Waals surface area contributed by atoms with Crippen molar-refractivity contribution in [2.24, 2.45) is 0 Å². The first-order valence-electron chi connectivity index (χ1n) is 5.57. The number of hydrogen-bond acceptors (Lipinski definition) is 1. The third kappa shape index (κ3) is 1.83. The number of para-hydroxylation sites is 1. The minimum atomic E-state index is -0.404. The van der Waals surface area contributed by atoms with Crippen LogP contribution in [0, 0.1) is 5.82 Å². The fourth-order valence-corrected chi connectivity index (χ4v) is 2.12. The van der Waals surface area contributed by atoms with Crippen molar-refractivity contribution in [2.75, 3.05) is 0 Å². The van der Waals surface area contributed by atoms with E-state index in [-0.39, 0.29) is 5.82 Å². The van der Waals surface area contributed by atoms with Gasteiger partial charge in [-0.3, -0.25) is 0 Å². The van der Waals surface area contributed by atoms with Gasteiger partial charge in [0.1, 0.15) is 5.82 Å². The average Bonchev–Trinajstić information content (AvgIpc) is 2.57. The molecule has 2 rings (SSSR count). The first kappa shape index (κ1) is 11.1. The molecule has 1 atom stereocenters. The molecule has 0 amide bonds. The summed E-state index contributed by atoms with van der Waals surface area (Å²) in [6.45, 7) is 4.46. The fraction of sp³-hybridized carbons (Fsp3) is 0.385. The number of fused-ring (bicyclic) bond motifs is 1. The molecule has 1 aromatic heterocycles. The molecule has 3 heteroatoms. The van der Waals surface area contributed by atoms with E-state index in [4.69, 9.17) is 0 Å². The molecular formula is C13H16FNO. The van der Waals surface area contributed by atoms with Gasteiger partial charge in [-0.1, -0.05) is 12.1 Å². The van der Waals surface area contributed by atoms with Crippen molar-refractivity contribution in [3.05, 3.63) is 35.8 Å². The van der Waals surface area contributed by atoms with Crippen molar-refractivity contribution >= 4 is 10.9 Å². The van der Waals surface area contributed by atoms with Gasteiger partial charge < -0.3 is 9.67 Å². The predicted octanol–water partition coefficient (Wildman–Crippen LogP) is 2.72. The average molecular weight is 221 g/mol. The van der Waals surface area contributed by atoms with Crippen LogP contribution in [0.2, 0.25) is 0 Å². The van der Waals surface area contributed by atoms with Crippen LogP contribution in [0.3, 0.4) is 0 Å². The van der Waals surface area contributed by atoms with E-state index in [1.54, 1.807) is 13.0 Å². The van der Waals surface area contributed by atoms with Crippen LogP contribution in [0.25, 0.3) is 10.9 Å². The summed E-state index contributed by atoms with van der Waals surface area (Å²) in [6, 6.07) is 5.09. The number of aliphatic hydroxyl groups excluding tert-OH is 1. The van der Waals surface area contributed by atoms with Gasteiger partial charge in [0.05, 0.1) is 11.6 Å². The third-order valence-corrected chi connectivity index (χ3v) is 2.79. The lowest BCUT2D eigenvalue weighted by Crippen LogP contribution is -2.03. The van der Waals surface area contributed by atoms with E-state index in [2.05, 4.69) is 0 Å². The summed E-state index contributed by atoms with van der Waals surface area (Å²) >= 11 is 0. The Bertz CT molecular complexity index is 502. The Hall–Kier alpha value is -1.35. The molecule has 0 radical (unpaired) electrons. The first-order chi connectivity index (χ1) is 7.63. The molecular weight excluding hydrogens is 205 g/mol. The maximum atomic E-state index is 13.7. The van der Waals surface area contributed by atoms with Gasteiger partial charge in [0.15, 0.2) is 0 Å². The summed E-state index contributed by atoms with van der Waals surface area (Å²) in [5.74, 6) is -0.198. The topological polar surface area (TPSA) is 25.2 Å². The van der Waals surface area contributed by atoms with Gasteiger partial charge in [-0.15, -0.1) is 0 Å². The van der Waals surface area contributed by atoms with Gasteiger partial charge in [-0.25, -0.2) is 4.39 Å². The zero-order valence-corrected chi connectivity index (χ0v) is 9.57. The Morgan fingerprint density at radius 3 is 2.81 bits per heavy atom. The lowest BCUT2D eigenvalue weighted by molar-refractivity contribution is 0.196. The van der Waals surface area contributed by atoms with Crippen molar-refractivity contribution in [3.8, 4) is 0 Å². The molecule has 2 nitrogen and oxygen atoms in total. The third-order valence-electron chi connectivity index (χ3n) is 2.79. The second-order valence-corrected chi connectivity index (χ2v) is 4.13. The Morgan fingerprint density at radius 2 is 2.19 bits per heavy atom. The molecule has 0 fully saturated rings. The number of nitrogens with zero attached hydrogens (tertiary/aromatic N) is 1. The van der Waals surface area contributed by atoms with E-state index in [0.29, 0.717) is 11.9 Å². The molecule has 1 heterocycles. The van der Waals surface area contributed by atoms with Crippen LogP contribution >= 0.6 is 0 Å². The second-order valence-electron chi connectivity index (χ2n) is 4.13. The van der Waals surface area contributed by atoms with Gasteiger partial charge in [0.25, 0.3) is 0 Å². The van der Waals surface area contributed by atoms with Crippen LogP contribution in [0.5, 0.6) is 0 Å². The highest BCUT2D eigenvalue weighted by molar-refractivity contribution is 5.84. The van der Waals surface area contributed by atoms with E-state index in [1.165, 1.54) is 6.07 Å². The monoisotopic (exact) mass is 221 g/mol. The van der Waals surface area contributed by atoms with Crippen molar-refractivity contribution in [1.29, 1.82) is 0 Å². The Labute approximate surface area is 94.3 Å². The predicted molar refractivity (Wildman–Crippen MR) is 63.0 cm³/mol. The summed E-state index contributed by atoms with van der Waals surface area (Å²) < 4.78 is 15.6. The Balaban J connectivity index is 2.63. The molecule has 0 spiro atoms. The molecule has 0 saturated carbocycles. The standard InChI is InChI=1S/C13H16FNO/c1-3-15-8-10(7-9(2)16)11-5-4-6-12(14)13(11)15/h4-6,8-9,16H,3,7H2,1-2H3. The molecule has 0 saturated heterocycles. The molecule has 16 heavy (non-hydrogen) atoms. The zero-order valence-electron chi connectivity index (χ0n) is 9.57. The zero-order chi connectivity index (χ0) is 11.7. The maximum Gasteiger partial charge on any atom is 0.147 e. The van der Waals surface area contributed by atoms with Crippen LogP contribution in [0.15, 0.2) is 24.4 Å².